The van der Waals surface area contributed by atoms with Gasteiger partial charge in [-0.25, -0.2) is 0 Å². The summed E-state index contributed by atoms with van der Waals surface area (Å²) in [6.07, 6.45) is 8.46. The summed E-state index contributed by atoms with van der Waals surface area (Å²) >= 11 is 2.06. The Morgan fingerprint density at radius 3 is 2.79 bits per heavy atom. The Morgan fingerprint density at radius 2 is 2.00 bits per heavy atom. The lowest BCUT2D eigenvalue weighted by Gasteiger charge is -2.29. The van der Waals surface area contributed by atoms with Crippen molar-refractivity contribution in [2.75, 3.05) is 6.54 Å². The Bertz CT molecular complexity index is 386. The maximum Gasteiger partial charge on any atom is 0.0260 e. The molecule has 19 heavy (non-hydrogen) atoms. The summed E-state index contributed by atoms with van der Waals surface area (Å²) in [5.74, 6) is 0.919. The Labute approximate surface area is 121 Å². The summed E-state index contributed by atoms with van der Waals surface area (Å²) in [5.41, 5.74) is 1.55. The van der Waals surface area contributed by atoms with Crippen LogP contribution in [-0.2, 0) is 6.42 Å². The number of nitrogens with one attached hydrogen (secondary N) is 1. The van der Waals surface area contributed by atoms with Gasteiger partial charge in [0, 0.05) is 22.7 Å². The Balaban J connectivity index is 1.46. The molecule has 1 aromatic rings. The quantitative estimate of drug-likeness (QED) is 0.881. The minimum Gasteiger partial charge on any atom is -0.313 e. The molecular weight excluding hydrogens is 250 g/mol. The van der Waals surface area contributed by atoms with Gasteiger partial charge >= 0.3 is 0 Å². The smallest absolute Gasteiger partial charge is 0.0260 e. The molecule has 1 aliphatic carbocycles. The summed E-state index contributed by atoms with van der Waals surface area (Å²) in [7, 11) is 0. The Hall–Kier alpha value is -0.470. The third-order valence-electron chi connectivity index (χ3n) is 4.74. The molecule has 1 N–H and O–H groups in total. The standard InChI is InChI=1S/C17H25NS/c1-13(14-7-3-2-4-8-14)18-12-16-11-15-9-5-6-10-17(15)19-16/h5-6,9-10,13-14,16,18H,2-4,7-8,11-12H2,1H3/t13-,16?/m1/s1. The molecule has 1 aromatic carbocycles. The highest BCUT2D eigenvalue weighted by atomic mass is 32.2. The highest BCUT2D eigenvalue weighted by Crippen LogP contribution is 2.36. The third kappa shape index (κ3) is 3.35. The minimum atomic E-state index is 0.699. The largest absolute Gasteiger partial charge is 0.313 e. The molecule has 0 spiro atoms. The molecule has 104 valence electrons. The van der Waals surface area contributed by atoms with Crippen molar-refractivity contribution in [3.8, 4) is 0 Å². The van der Waals surface area contributed by atoms with E-state index in [1.807, 2.05) is 0 Å². The van der Waals surface area contributed by atoms with Crippen LogP contribution in [0.1, 0.15) is 44.6 Å². The highest BCUT2D eigenvalue weighted by molar-refractivity contribution is 8.00. The zero-order valence-electron chi connectivity index (χ0n) is 11.9. The van der Waals surface area contributed by atoms with Crippen LogP contribution in [-0.4, -0.2) is 17.8 Å². The van der Waals surface area contributed by atoms with E-state index in [0.29, 0.717) is 6.04 Å². The molecular formula is C17H25NS. The Morgan fingerprint density at radius 1 is 1.21 bits per heavy atom. The fourth-order valence-electron chi connectivity index (χ4n) is 3.49. The van der Waals surface area contributed by atoms with Crippen LogP contribution in [0.25, 0.3) is 0 Å². The zero-order chi connectivity index (χ0) is 13.1. The lowest BCUT2D eigenvalue weighted by atomic mass is 9.84. The average molecular weight is 275 g/mol. The summed E-state index contributed by atoms with van der Waals surface area (Å²) in [6.45, 7) is 3.56. The molecule has 2 heteroatoms. The van der Waals surface area contributed by atoms with Crippen molar-refractivity contribution in [2.45, 2.75) is 61.6 Å². The first-order chi connectivity index (χ1) is 9.33. The van der Waals surface area contributed by atoms with Crippen molar-refractivity contribution in [3.63, 3.8) is 0 Å². The predicted molar refractivity (Wildman–Crippen MR) is 83.8 cm³/mol. The van der Waals surface area contributed by atoms with Crippen LogP contribution in [0.2, 0.25) is 0 Å². The molecule has 0 aromatic heterocycles. The average Bonchev–Trinajstić information content (AvgIpc) is 2.88. The molecule has 1 fully saturated rings. The van der Waals surface area contributed by atoms with Crippen molar-refractivity contribution in [1.29, 1.82) is 0 Å². The molecule has 0 saturated heterocycles. The van der Waals surface area contributed by atoms with Gasteiger partial charge in [0.1, 0.15) is 0 Å². The summed E-state index contributed by atoms with van der Waals surface area (Å²) in [4.78, 5) is 1.50. The SMILES string of the molecule is C[C@@H](NCC1Cc2ccccc2S1)C1CCCCC1. The number of hydrogen-bond acceptors (Lipinski definition) is 2. The molecule has 1 saturated carbocycles. The van der Waals surface area contributed by atoms with Crippen molar-refractivity contribution < 1.29 is 0 Å². The maximum atomic E-state index is 3.81. The van der Waals surface area contributed by atoms with Gasteiger partial charge in [-0.3, -0.25) is 0 Å². The summed E-state index contributed by atoms with van der Waals surface area (Å²) in [6, 6.07) is 9.58. The molecule has 1 heterocycles. The van der Waals surface area contributed by atoms with Gasteiger partial charge in [-0.2, -0.15) is 0 Å². The lowest BCUT2D eigenvalue weighted by Crippen LogP contribution is -2.38. The number of hydrogen-bond donors (Lipinski definition) is 1. The minimum absolute atomic E-state index is 0.699. The first-order valence-corrected chi connectivity index (χ1v) is 8.69. The normalized spacial score (nSPS) is 25.2. The van der Waals surface area contributed by atoms with E-state index in [1.54, 1.807) is 5.56 Å². The summed E-state index contributed by atoms with van der Waals surface area (Å²) in [5, 5.41) is 4.55. The van der Waals surface area contributed by atoms with Gasteiger partial charge in [0.15, 0.2) is 0 Å². The Kier molecular flexibility index (Phi) is 4.49. The predicted octanol–water partition coefficient (Wildman–Crippen LogP) is 4.26. The van der Waals surface area contributed by atoms with E-state index in [0.717, 1.165) is 17.7 Å². The van der Waals surface area contributed by atoms with Crippen LogP contribution in [0, 0.1) is 5.92 Å². The fourth-order valence-corrected chi connectivity index (χ4v) is 4.75. The van der Waals surface area contributed by atoms with Crippen LogP contribution >= 0.6 is 11.8 Å². The van der Waals surface area contributed by atoms with Gasteiger partial charge in [-0.1, -0.05) is 37.5 Å². The van der Waals surface area contributed by atoms with Crippen molar-refractivity contribution >= 4 is 11.8 Å². The monoisotopic (exact) mass is 275 g/mol. The van der Waals surface area contributed by atoms with Crippen LogP contribution in [0.4, 0.5) is 0 Å². The molecule has 1 aliphatic heterocycles. The van der Waals surface area contributed by atoms with Gasteiger partial charge in [-0.15, -0.1) is 11.8 Å². The molecule has 0 amide bonds. The third-order valence-corrected chi connectivity index (χ3v) is 6.06. The van der Waals surface area contributed by atoms with E-state index >= 15 is 0 Å². The van der Waals surface area contributed by atoms with Gasteiger partial charge in [0.2, 0.25) is 0 Å². The van der Waals surface area contributed by atoms with E-state index in [2.05, 4.69) is 48.3 Å². The molecule has 1 unspecified atom stereocenters. The molecule has 2 atom stereocenters. The molecule has 0 bridgehead atoms. The van der Waals surface area contributed by atoms with Crippen LogP contribution in [0.5, 0.6) is 0 Å². The second kappa shape index (κ2) is 6.32. The molecule has 3 rings (SSSR count). The first kappa shape index (κ1) is 13.5. The van der Waals surface area contributed by atoms with Crippen molar-refractivity contribution in [3.05, 3.63) is 29.8 Å². The number of benzene rings is 1. The number of thioether (sulfide) groups is 1. The zero-order valence-corrected chi connectivity index (χ0v) is 12.7. The lowest BCUT2D eigenvalue weighted by molar-refractivity contribution is 0.282. The van der Waals surface area contributed by atoms with Crippen molar-refractivity contribution in [1.82, 2.24) is 5.32 Å². The second-order valence-corrected chi connectivity index (χ2v) is 7.49. The fraction of sp³-hybridized carbons (Fsp3) is 0.647. The van der Waals surface area contributed by atoms with E-state index in [4.69, 9.17) is 0 Å². The van der Waals surface area contributed by atoms with Gasteiger partial charge in [-0.05, 0) is 43.7 Å². The highest BCUT2D eigenvalue weighted by Gasteiger charge is 2.24. The van der Waals surface area contributed by atoms with Gasteiger partial charge in [0.25, 0.3) is 0 Å². The van der Waals surface area contributed by atoms with E-state index in [-0.39, 0.29) is 0 Å². The first-order valence-electron chi connectivity index (χ1n) is 7.81. The molecule has 1 nitrogen and oxygen atoms in total. The van der Waals surface area contributed by atoms with Gasteiger partial charge < -0.3 is 5.32 Å². The number of rotatable bonds is 4. The van der Waals surface area contributed by atoms with E-state index in [1.165, 1.54) is 43.4 Å². The van der Waals surface area contributed by atoms with Crippen molar-refractivity contribution in [2.24, 2.45) is 5.92 Å². The maximum absolute atomic E-state index is 3.81. The summed E-state index contributed by atoms with van der Waals surface area (Å²) < 4.78 is 0. The van der Waals surface area contributed by atoms with E-state index < -0.39 is 0 Å². The molecule has 0 radical (unpaired) electrons. The second-order valence-electron chi connectivity index (χ2n) is 6.15. The van der Waals surface area contributed by atoms with E-state index in [9.17, 15) is 0 Å². The topological polar surface area (TPSA) is 12.0 Å². The van der Waals surface area contributed by atoms with Crippen LogP contribution < -0.4 is 5.32 Å². The number of fused-ring (bicyclic) bond motifs is 1. The molecule has 2 aliphatic rings. The van der Waals surface area contributed by atoms with Crippen LogP contribution in [0.15, 0.2) is 29.2 Å². The van der Waals surface area contributed by atoms with Crippen LogP contribution in [0.3, 0.4) is 0 Å². The van der Waals surface area contributed by atoms with Gasteiger partial charge in [0.05, 0.1) is 0 Å².